The first-order valence-corrected chi connectivity index (χ1v) is 28.5. The van der Waals surface area contributed by atoms with Crippen LogP contribution < -0.4 is 0 Å². The largest absolute Gasteiger partial charge is 0.481 e. The Bertz CT molecular complexity index is 2360. The smallest absolute Gasteiger partial charge is 0.329 e. The molecule has 1 amide bonds. The van der Waals surface area contributed by atoms with Crippen LogP contribution in [0, 0.1) is 41.4 Å². The first-order valence-electron chi connectivity index (χ1n) is 28.5. The highest BCUT2D eigenvalue weighted by Crippen LogP contribution is 2.38. The lowest BCUT2D eigenvalue weighted by molar-refractivity contribution is -0.265. The van der Waals surface area contributed by atoms with Gasteiger partial charge in [-0.15, -0.1) is 0 Å². The van der Waals surface area contributed by atoms with Crippen LogP contribution in [0.5, 0.6) is 0 Å². The van der Waals surface area contributed by atoms with E-state index in [2.05, 4.69) is 0 Å². The van der Waals surface area contributed by atoms with Gasteiger partial charge in [0.25, 0.3) is 11.7 Å². The summed E-state index contributed by atoms with van der Waals surface area (Å²) < 4.78 is 35.9. The van der Waals surface area contributed by atoms with Crippen LogP contribution in [0.15, 0.2) is 77.9 Å². The molecular formula is C62H89NO16. The zero-order chi connectivity index (χ0) is 58.1. The summed E-state index contributed by atoms with van der Waals surface area (Å²) in [5.74, 6) is -11.4. The average molecular weight is 1100 g/mol. The van der Waals surface area contributed by atoms with Crippen molar-refractivity contribution in [3.63, 3.8) is 0 Å². The lowest BCUT2D eigenvalue weighted by atomic mass is 9.78. The lowest BCUT2D eigenvalue weighted by Crippen LogP contribution is -2.61. The van der Waals surface area contributed by atoms with Crippen LogP contribution in [0.25, 0.3) is 0 Å². The van der Waals surface area contributed by atoms with Crippen molar-refractivity contribution in [2.45, 2.75) is 193 Å². The van der Waals surface area contributed by atoms with Gasteiger partial charge in [0.2, 0.25) is 5.79 Å². The van der Waals surface area contributed by atoms with E-state index in [0.29, 0.717) is 63.4 Å². The number of ketones is 3. The fourth-order valence-corrected chi connectivity index (χ4v) is 11.8. The maximum absolute atomic E-state index is 14.6. The summed E-state index contributed by atoms with van der Waals surface area (Å²) in [6.45, 7) is 12.5. The van der Waals surface area contributed by atoms with Crippen molar-refractivity contribution < 1.29 is 77.3 Å². The topological polar surface area (TPSA) is 239 Å². The van der Waals surface area contributed by atoms with Gasteiger partial charge in [0, 0.05) is 58.5 Å². The minimum Gasteiger partial charge on any atom is -0.481 e. The molecule has 438 valence electrons. The number of cyclic esters (lactones) is 1. The van der Waals surface area contributed by atoms with Gasteiger partial charge in [-0.1, -0.05) is 101 Å². The number of carboxylic acids is 1. The summed E-state index contributed by atoms with van der Waals surface area (Å²) in [6, 6.07) is 7.93. The summed E-state index contributed by atoms with van der Waals surface area (Å²) >= 11 is 0. The normalized spacial score (nSPS) is 35.6. The number of carbonyl (C=O) groups is 7. The van der Waals surface area contributed by atoms with Crippen molar-refractivity contribution in [1.29, 1.82) is 0 Å². The number of nitrogens with zero attached hydrogens (tertiary/aromatic N) is 1. The molecule has 2 bridgehead atoms. The standard InChI is InChI=1S/C62H89NO16/c1-37-19-13-11-14-20-38(2)51(74-8)35-47-26-24-43(7)62(73,79-47)58(69)59(70)63-28-18-17-23-48(63)61(72)78-52(36-49(64)39(3)30-42(6)56(68)57(76-10)55(67)41(5)29-37)40(4)31-45-25-27-50(53(33-45)75-9)77-60(71)46(34-54(65)66)32-44-21-15-12-16-22-44/h11-16,19-22,30,37,39-41,43,45-48,50-53,56-57,68,73H,17-18,23-29,31-36H2,1-10H3,(H,65,66)/b14-11+,19-13+,38-20-,42-30-/t37-,39-,40-,41-,43-,45+,46?,47+,48+,50-,51+,52+,53-,56-,57+,62-/m1/s1. The number of benzene rings is 1. The zero-order valence-electron chi connectivity index (χ0n) is 48.2. The number of ether oxygens (including phenoxy) is 6. The van der Waals surface area contributed by atoms with E-state index in [1.807, 2.05) is 81.5 Å². The monoisotopic (exact) mass is 1100 g/mol. The van der Waals surface area contributed by atoms with Crippen molar-refractivity contribution in [3.8, 4) is 0 Å². The summed E-state index contributed by atoms with van der Waals surface area (Å²) in [4.78, 5) is 98.3. The van der Waals surface area contributed by atoms with Crippen LogP contribution in [-0.2, 0) is 68.4 Å². The van der Waals surface area contributed by atoms with Crippen molar-refractivity contribution in [2.24, 2.45) is 41.4 Å². The lowest BCUT2D eigenvalue weighted by Gasteiger charge is -2.42. The highest BCUT2D eigenvalue weighted by atomic mass is 16.6. The first-order chi connectivity index (χ1) is 37.5. The highest BCUT2D eigenvalue weighted by molar-refractivity contribution is 6.39. The number of aliphatic hydroxyl groups excluding tert-OH is 1. The van der Waals surface area contributed by atoms with Gasteiger partial charge >= 0.3 is 17.9 Å². The minimum absolute atomic E-state index is 0.0128. The van der Waals surface area contributed by atoms with Crippen LogP contribution in [0.3, 0.4) is 0 Å². The van der Waals surface area contributed by atoms with E-state index in [1.165, 1.54) is 14.2 Å². The van der Waals surface area contributed by atoms with Crippen LogP contribution in [0.1, 0.15) is 138 Å². The summed E-state index contributed by atoms with van der Waals surface area (Å²) in [5.41, 5.74) is 2.01. The molecule has 0 aromatic heterocycles. The SMILES string of the molecule is CO[C@H]1C[C@@H]2CC[C@@H](C)[C@@](O)(O2)C(=O)C(=O)N2CCCC[C@H]2C(=O)O[C@H]([C@H](C)C[C@@H]2CC[C@@H](OC(=O)C(CC(=O)O)Cc3ccccc3)[C@H](OC)C2)CC(=O)[C@H](C)/C=C(/C)[C@@H](O)[C@@H](OC)C(=O)[C@H](C)C[C@H](C)/C=C/C=C/C=C\1C. The van der Waals surface area contributed by atoms with E-state index in [-0.39, 0.29) is 55.6 Å². The van der Waals surface area contributed by atoms with Gasteiger partial charge in [0.05, 0.1) is 30.7 Å². The minimum atomic E-state index is -2.48. The summed E-state index contributed by atoms with van der Waals surface area (Å²) in [7, 11) is 4.45. The number of amides is 1. The number of Topliss-reactive ketones (excluding diaryl/α,β-unsaturated/α-hetero) is 3. The highest BCUT2D eigenvalue weighted by Gasteiger charge is 2.53. The molecule has 3 fully saturated rings. The molecule has 17 heteroatoms. The van der Waals surface area contributed by atoms with E-state index in [0.717, 1.165) is 16.0 Å². The zero-order valence-corrected chi connectivity index (χ0v) is 48.2. The quantitative estimate of drug-likeness (QED) is 0.102. The summed E-state index contributed by atoms with van der Waals surface area (Å²) in [5, 5.41) is 33.3. The number of carboxylic acid groups (broad SMARTS) is 1. The fourth-order valence-electron chi connectivity index (χ4n) is 11.8. The second-order valence-electron chi connectivity index (χ2n) is 23.0. The Morgan fingerprint density at radius 1 is 0.835 bits per heavy atom. The number of aliphatic carboxylic acids is 1. The third kappa shape index (κ3) is 17.9. The molecule has 0 radical (unpaired) electrons. The molecule has 1 aromatic rings. The predicted molar refractivity (Wildman–Crippen MR) is 295 cm³/mol. The van der Waals surface area contributed by atoms with Crippen molar-refractivity contribution in [1.82, 2.24) is 4.90 Å². The number of methoxy groups -OCH3 is 3. The van der Waals surface area contributed by atoms with Crippen LogP contribution in [0.2, 0.25) is 0 Å². The Kier molecular flexibility index (Phi) is 25.0. The molecule has 0 spiro atoms. The molecule has 3 heterocycles. The molecule has 79 heavy (non-hydrogen) atoms. The third-order valence-corrected chi connectivity index (χ3v) is 16.8. The number of aliphatic hydroxyl groups is 2. The Balaban J connectivity index is 1.43. The Labute approximate surface area is 467 Å². The number of allylic oxidation sites excluding steroid dienone is 6. The van der Waals surface area contributed by atoms with Crippen LogP contribution in [0.4, 0.5) is 0 Å². The van der Waals surface area contributed by atoms with Crippen molar-refractivity contribution in [3.05, 3.63) is 83.5 Å². The third-order valence-electron chi connectivity index (χ3n) is 16.8. The maximum Gasteiger partial charge on any atom is 0.329 e. The number of hydrogen-bond donors (Lipinski definition) is 3. The number of carbonyl (C=O) groups excluding carboxylic acids is 6. The van der Waals surface area contributed by atoms with E-state index in [4.69, 9.17) is 28.4 Å². The van der Waals surface area contributed by atoms with Crippen molar-refractivity contribution in [2.75, 3.05) is 27.9 Å². The van der Waals surface area contributed by atoms with Gasteiger partial charge in [-0.3, -0.25) is 28.8 Å². The van der Waals surface area contributed by atoms with Gasteiger partial charge in [-0.25, -0.2) is 4.79 Å². The Morgan fingerprint density at radius 3 is 2.23 bits per heavy atom. The molecule has 16 atom stereocenters. The van der Waals surface area contributed by atoms with Crippen LogP contribution in [-0.4, -0.2) is 144 Å². The molecule has 1 unspecified atom stereocenters. The van der Waals surface area contributed by atoms with Gasteiger partial charge in [-0.2, -0.15) is 0 Å². The Morgan fingerprint density at radius 2 is 1.56 bits per heavy atom. The van der Waals surface area contributed by atoms with Gasteiger partial charge < -0.3 is 48.6 Å². The van der Waals surface area contributed by atoms with E-state index in [1.54, 1.807) is 40.9 Å². The molecule has 3 N–H and O–H groups in total. The van der Waals surface area contributed by atoms with E-state index >= 15 is 0 Å². The van der Waals surface area contributed by atoms with E-state index in [9.17, 15) is 48.9 Å². The second-order valence-corrected chi connectivity index (χ2v) is 23.0. The molecule has 5 rings (SSSR count). The molecular weight excluding hydrogens is 1010 g/mol. The molecule has 1 aromatic carbocycles. The molecule has 1 saturated carbocycles. The number of piperidine rings is 1. The Hall–Kier alpha value is -5.17. The molecule has 17 nitrogen and oxygen atoms in total. The predicted octanol–water partition coefficient (Wildman–Crippen LogP) is 8.07. The molecule has 3 aliphatic heterocycles. The first kappa shape index (κ1) is 64.6. The molecule has 2 saturated heterocycles. The van der Waals surface area contributed by atoms with Crippen molar-refractivity contribution >= 4 is 41.2 Å². The van der Waals surface area contributed by atoms with Gasteiger partial charge in [-0.05, 0) is 119 Å². The average Bonchev–Trinajstić information content (AvgIpc) is 3.50. The molecule has 1 aliphatic carbocycles. The molecule has 4 aliphatic rings. The maximum atomic E-state index is 14.6. The van der Waals surface area contributed by atoms with E-state index < -0.39 is 120 Å². The number of hydrogen-bond acceptors (Lipinski definition) is 15. The number of rotatable bonds is 12. The van der Waals surface area contributed by atoms with Gasteiger partial charge in [0.15, 0.2) is 5.78 Å². The second kappa shape index (κ2) is 30.6. The van der Waals surface area contributed by atoms with Gasteiger partial charge in [0.1, 0.15) is 36.2 Å². The number of fused-ring (bicyclic) bond motifs is 3. The van der Waals surface area contributed by atoms with Crippen LogP contribution >= 0.6 is 0 Å². The number of esters is 2. The summed E-state index contributed by atoms with van der Waals surface area (Å²) in [6.07, 6.45) is 9.43. The fraction of sp³-hybridized carbons (Fsp3) is 0.661.